The fraction of sp³-hybridized carbons (Fsp3) is 0. The van der Waals surface area contributed by atoms with Crippen LogP contribution in [-0.2, 0) is 0 Å². The van der Waals surface area contributed by atoms with E-state index in [1.165, 1.54) is 0 Å². The van der Waals surface area contributed by atoms with Crippen molar-refractivity contribution in [3.63, 3.8) is 0 Å². The Morgan fingerprint density at radius 3 is 1.58 bits per heavy atom. The van der Waals surface area contributed by atoms with Gasteiger partial charge >= 0.3 is 0 Å². The molecule has 3 aromatic heterocycles. The predicted octanol–water partition coefficient (Wildman–Crippen LogP) is 15.2. The number of hydrogen-bond donors (Lipinski definition) is 0. The van der Waals surface area contributed by atoms with E-state index in [9.17, 15) is 20.6 Å². The molecule has 2 nitrogen and oxygen atoms in total. The van der Waals surface area contributed by atoms with Crippen molar-refractivity contribution in [3.8, 4) is 44.8 Å². The van der Waals surface area contributed by atoms with Crippen molar-refractivity contribution in [3.05, 3.63) is 206 Å². The summed E-state index contributed by atoms with van der Waals surface area (Å²) in [4.78, 5) is 0. The molecule has 0 aliphatic carbocycles. The molecule has 0 saturated carbocycles. The van der Waals surface area contributed by atoms with Crippen molar-refractivity contribution in [1.29, 1.82) is 0 Å². The van der Waals surface area contributed by atoms with Crippen LogP contribution in [0.5, 0.6) is 0 Å². The van der Waals surface area contributed by atoms with Crippen molar-refractivity contribution < 1.29 is 39.8 Å². The van der Waals surface area contributed by atoms with Gasteiger partial charge in [0, 0.05) is 53.1 Å². The molecule has 0 atom stereocenters. The Hall–Kier alpha value is -7.20. The van der Waals surface area contributed by atoms with Crippen LogP contribution in [0.25, 0.3) is 109 Å². The van der Waals surface area contributed by atoms with Gasteiger partial charge in [0.25, 0.3) is 0 Å². The molecule has 57 heavy (non-hydrogen) atoms. The van der Waals surface area contributed by atoms with Gasteiger partial charge in [0.05, 0.1) is 61.8 Å². The van der Waals surface area contributed by atoms with Gasteiger partial charge in [0.2, 0.25) is 0 Å². The predicted molar refractivity (Wildman–Crippen MR) is 244 cm³/mol. The Balaban J connectivity index is 1.21. The molecule has 12 rings (SSSR count). The number of benzene rings is 9. The summed E-state index contributed by atoms with van der Waals surface area (Å²) < 4.78 is 267. The van der Waals surface area contributed by atoms with Gasteiger partial charge in [-0.3, -0.25) is 0 Å². The number of aromatic nitrogens is 2. The normalized spacial score (nSPS) is 19.0. The fourth-order valence-electron chi connectivity index (χ4n) is 6.97. The van der Waals surface area contributed by atoms with Gasteiger partial charge < -0.3 is 9.13 Å². The first-order valence-electron chi connectivity index (χ1n) is 31.7. The molecular weight excluding hydrogens is 709 g/mol. The maximum absolute atomic E-state index is 10.0. The van der Waals surface area contributed by atoms with Crippen LogP contribution < -0.4 is 0 Å². The third kappa shape index (κ3) is 5.03. The molecule has 0 spiro atoms. The second-order valence-electron chi connectivity index (χ2n) is 12.6. The van der Waals surface area contributed by atoms with Gasteiger partial charge in [-0.15, -0.1) is 11.3 Å². The Morgan fingerprint density at radius 1 is 0.351 bits per heavy atom. The number of nitrogens with zero attached hydrogens (tertiary/aromatic N) is 2. The topological polar surface area (TPSA) is 9.86 Å². The van der Waals surface area contributed by atoms with Crippen LogP contribution in [-0.4, -0.2) is 9.13 Å². The lowest BCUT2D eigenvalue weighted by Gasteiger charge is -2.10. The van der Waals surface area contributed by atoms with E-state index >= 15 is 0 Å². The van der Waals surface area contributed by atoms with Crippen LogP contribution in [0.4, 0.5) is 0 Å². The Kier molecular flexibility index (Phi) is 3.27. The molecule has 0 saturated heterocycles. The molecule has 266 valence electrons. The lowest BCUT2D eigenvalue weighted by atomic mass is 10.0. The summed E-state index contributed by atoms with van der Waals surface area (Å²) in [5.74, 6) is 0. The van der Waals surface area contributed by atoms with E-state index in [0.29, 0.717) is 10.1 Å². The first-order valence-corrected chi connectivity index (χ1v) is 18.0. The van der Waals surface area contributed by atoms with E-state index in [1.807, 2.05) is 0 Å². The Labute approximate surface area is 374 Å². The van der Waals surface area contributed by atoms with Crippen molar-refractivity contribution in [2.75, 3.05) is 0 Å². The summed E-state index contributed by atoms with van der Waals surface area (Å²) in [7, 11) is 0. The van der Waals surface area contributed by atoms with E-state index in [2.05, 4.69) is 0 Å². The van der Waals surface area contributed by atoms with Gasteiger partial charge in [-0.25, -0.2) is 0 Å². The minimum absolute atomic E-state index is 0.0188. The summed E-state index contributed by atoms with van der Waals surface area (Å²) in [5.41, 5.74) is -6.37. The van der Waals surface area contributed by atoms with Crippen LogP contribution in [0, 0.1) is 0 Å². The number of fused-ring (bicyclic) bond motifs is 9. The summed E-state index contributed by atoms with van der Waals surface area (Å²) in [6, 6.07) is -16.3. The fourth-order valence-corrected chi connectivity index (χ4v) is 8.10. The third-order valence-corrected chi connectivity index (χ3v) is 10.6. The van der Waals surface area contributed by atoms with Gasteiger partial charge in [0.15, 0.2) is 0 Å². The average molecular weight is 772 g/mol. The van der Waals surface area contributed by atoms with E-state index in [-0.39, 0.29) is 31.8 Å². The third-order valence-electron chi connectivity index (χ3n) is 9.48. The highest BCUT2D eigenvalue weighted by Crippen LogP contribution is 2.43. The molecular formula is C54H34N2S. The first kappa shape index (κ1) is 14.7. The maximum Gasteiger partial charge on any atom is 0.0660 e. The molecule has 0 N–H and O–H groups in total. The second kappa shape index (κ2) is 12.7. The summed E-state index contributed by atoms with van der Waals surface area (Å²) in [6.07, 6.45) is 0. The smallest absolute Gasteiger partial charge is 0.0660 e. The Morgan fingerprint density at radius 2 is 0.895 bits per heavy atom. The van der Waals surface area contributed by atoms with E-state index in [1.54, 1.807) is 30.3 Å². The molecule has 0 unspecified atom stereocenters. The number of rotatable bonds is 5. The molecule has 3 heteroatoms. The van der Waals surface area contributed by atoms with E-state index in [0.717, 1.165) is 15.9 Å². The number of para-hydroxylation sites is 2. The first-order chi connectivity index (χ1) is 40.4. The van der Waals surface area contributed by atoms with Crippen molar-refractivity contribution in [1.82, 2.24) is 9.13 Å². The van der Waals surface area contributed by atoms with Gasteiger partial charge in [-0.2, -0.15) is 0 Å². The molecule has 0 radical (unpaired) electrons. The molecule has 9 aromatic carbocycles. The average Bonchev–Trinajstić information content (AvgIpc) is 1.55. The van der Waals surface area contributed by atoms with Crippen LogP contribution in [0.3, 0.4) is 0 Å². The second-order valence-corrected chi connectivity index (χ2v) is 13.7. The molecule has 0 aliphatic rings. The molecule has 0 bridgehead atoms. The lowest BCUT2D eigenvalue weighted by Crippen LogP contribution is -1.94. The van der Waals surface area contributed by atoms with Crippen LogP contribution >= 0.6 is 11.3 Å². The molecule has 0 amide bonds. The zero-order valence-corrected chi connectivity index (χ0v) is 29.5. The van der Waals surface area contributed by atoms with Gasteiger partial charge in [-0.05, 0) is 93.8 Å². The number of hydrogen-bond acceptors (Lipinski definition) is 1. The lowest BCUT2D eigenvalue weighted by molar-refractivity contribution is 1.18. The Bertz CT molecular complexity index is 5160. The standard InChI is InChI=1S/C54H34N2S/c1-3-12-35(13-4-1)36-22-26-40(27-23-36)55-49-20-9-7-16-43(49)47-32-38(24-30-51(47)55)39-25-31-52-48(33-39)44-17-8-10-21-50(44)56(52)41-28-29-45-46-19-11-18-42(37-14-5-2-6-15-37)54(46)57-53(45)34-41/h1-34H/i1D,3D,4D,7D,8D,9D,10D,11D,12D,13D,16D,17D,18D,19D,20D,21D,22D,23D,24D,25D,26D,27D,28D,29D,30D,31D,32D,33D,34D. The SMILES string of the molecule is [2H]c1c([2H])c([2H])c(-c2c([2H])c([2H])c(-n3c4c([2H])c([2H])c([2H])c([2H])c4c4c([2H])c(-c5c([2H])c([2H])c6c(c5[2H])c5c([2H])c([2H])c([2H])c([2H])c5n6-c5c([2H])c([2H])c6c(sc7c(-c8ccccc8)c([2H])c([2H])c([2H])c76)c5[2H])c([2H])c([2H])c43)c([2H])c2[2H])c([2H])c1[2H]. The zero-order valence-electron chi connectivity index (χ0n) is 57.7. The molecule has 3 heterocycles. The zero-order chi connectivity index (χ0) is 62.7. The van der Waals surface area contributed by atoms with Crippen LogP contribution in [0.15, 0.2) is 206 Å². The maximum atomic E-state index is 10.0. The summed E-state index contributed by atoms with van der Waals surface area (Å²) in [5, 5.41) is -2.48. The van der Waals surface area contributed by atoms with Crippen molar-refractivity contribution >= 4 is 75.1 Å². The highest BCUT2D eigenvalue weighted by molar-refractivity contribution is 7.26. The summed E-state index contributed by atoms with van der Waals surface area (Å²) >= 11 is 0.850. The monoisotopic (exact) mass is 771 g/mol. The minimum Gasteiger partial charge on any atom is -0.309 e. The minimum atomic E-state index is -1.05. The van der Waals surface area contributed by atoms with Gasteiger partial charge in [-0.1, -0.05) is 145 Å². The highest BCUT2D eigenvalue weighted by atomic mass is 32.1. The molecule has 0 aliphatic heterocycles. The summed E-state index contributed by atoms with van der Waals surface area (Å²) in [6.45, 7) is 0. The highest BCUT2D eigenvalue weighted by Gasteiger charge is 2.18. The number of thiophene rings is 1. The largest absolute Gasteiger partial charge is 0.309 e. The molecule has 0 fully saturated rings. The molecule has 12 aromatic rings. The van der Waals surface area contributed by atoms with Crippen LogP contribution in [0.2, 0.25) is 0 Å². The van der Waals surface area contributed by atoms with Crippen LogP contribution in [0.1, 0.15) is 39.8 Å². The van der Waals surface area contributed by atoms with E-state index < -0.39 is 246 Å². The van der Waals surface area contributed by atoms with Crippen molar-refractivity contribution in [2.24, 2.45) is 0 Å². The quantitative estimate of drug-likeness (QED) is 0.165. The van der Waals surface area contributed by atoms with E-state index in [4.69, 9.17) is 19.2 Å². The van der Waals surface area contributed by atoms with Crippen molar-refractivity contribution in [2.45, 2.75) is 0 Å². The van der Waals surface area contributed by atoms with Gasteiger partial charge in [0.1, 0.15) is 0 Å².